The van der Waals surface area contributed by atoms with E-state index in [2.05, 4.69) is 11.1 Å². The van der Waals surface area contributed by atoms with Crippen molar-refractivity contribution >= 4 is 12.1 Å². The predicted molar refractivity (Wildman–Crippen MR) is 52.8 cm³/mol. The van der Waals surface area contributed by atoms with Gasteiger partial charge in [0.2, 0.25) is 0 Å². The van der Waals surface area contributed by atoms with Crippen molar-refractivity contribution in [1.29, 1.82) is 0 Å². The van der Waals surface area contributed by atoms with Gasteiger partial charge in [0.1, 0.15) is 12.1 Å². The summed E-state index contributed by atoms with van der Waals surface area (Å²) in [6, 6.07) is -0.271. The summed E-state index contributed by atoms with van der Waals surface area (Å²) in [6.45, 7) is 1.82. The fourth-order valence-corrected chi connectivity index (χ4v) is 1.46. The van der Waals surface area contributed by atoms with Crippen LogP contribution in [0.3, 0.4) is 0 Å². The number of hydrogen-bond donors (Lipinski definition) is 2. The normalized spacial score (nSPS) is 14.1. The molecule has 0 aliphatic carbocycles. The minimum absolute atomic E-state index is 0.0426. The summed E-state index contributed by atoms with van der Waals surface area (Å²) in [5.74, 6) is -1.05. The molecule has 0 heterocycles. The van der Waals surface area contributed by atoms with Crippen LogP contribution in [0.5, 0.6) is 0 Å². The lowest BCUT2D eigenvalue weighted by Gasteiger charge is -2.21. The highest BCUT2D eigenvalue weighted by molar-refractivity contribution is 5.64. The van der Waals surface area contributed by atoms with Crippen molar-refractivity contribution in [2.75, 3.05) is 0 Å². The maximum absolute atomic E-state index is 10.4. The first-order chi connectivity index (χ1) is 7.43. The molecule has 0 aliphatic rings. The Kier molecular flexibility index (Phi) is 7.28. The molecule has 6 heteroatoms. The van der Waals surface area contributed by atoms with Crippen LogP contribution in [0, 0.1) is 0 Å². The first-order valence-corrected chi connectivity index (χ1v) is 5.44. The molecule has 2 atom stereocenters. The van der Waals surface area contributed by atoms with Gasteiger partial charge in [0, 0.05) is 5.97 Å². The van der Waals surface area contributed by atoms with Gasteiger partial charge in [0.15, 0.2) is 0 Å². The summed E-state index contributed by atoms with van der Waals surface area (Å²) < 4.78 is 0. The number of nitrogens with one attached hydrogen (secondary N) is 1. The first kappa shape index (κ1) is 14.7. The van der Waals surface area contributed by atoms with E-state index < -0.39 is 12.1 Å². The highest BCUT2D eigenvalue weighted by atomic mass is 16.4. The van der Waals surface area contributed by atoms with Crippen molar-refractivity contribution in [2.24, 2.45) is 0 Å². The Balaban J connectivity index is 3.68. The molecule has 94 valence electrons. The Morgan fingerprint density at radius 2 is 1.88 bits per heavy atom. The molecular formula is C10H19N2O4-. The molecule has 0 aliphatic heterocycles. The molecule has 0 saturated carbocycles. The Bertz CT molecular complexity index is 231. The van der Waals surface area contributed by atoms with Crippen LogP contribution in [0.2, 0.25) is 0 Å². The molecule has 1 amide bonds. The van der Waals surface area contributed by atoms with Crippen LogP contribution in [-0.4, -0.2) is 24.1 Å². The third-order valence-electron chi connectivity index (χ3n) is 2.39. The van der Waals surface area contributed by atoms with Crippen LogP contribution < -0.4 is 21.3 Å². The van der Waals surface area contributed by atoms with E-state index in [1.807, 2.05) is 6.92 Å². The quantitative estimate of drug-likeness (QED) is 0.453. The summed E-state index contributed by atoms with van der Waals surface area (Å²) in [5, 5.41) is 22.8. The molecule has 0 spiro atoms. The van der Waals surface area contributed by atoms with Gasteiger partial charge in [-0.05, 0) is 26.2 Å². The summed E-state index contributed by atoms with van der Waals surface area (Å²) in [5.41, 5.74) is 3.76. The number of unbranched alkanes of at least 4 members (excludes halogenated alkanes) is 2. The van der Waals surface area contributed by atoms with E-state index in [9.17, 15) is 19.8 Å². The van der Waals surface area contributed by atoms with E-state index >= 15 is 0 Å². The summed E-state index contributed by atoms with van der Waals surface area (Å²) >= 11 is 0. The van der Waals surface area contributed by atoms with Gasteiger partial charge >= 0.3 is 0 Å². The lowest BCUT2D eigenvalue weighted by Crippen LogP contribution is -2.68. The van der Waals surface area contributed by atoms with Gasteiger partial charge in [-0.15, -0.1) is 0 Å². The number of carbonyl (C=O) groups is 2. The van der Waals surface area contributed by atoms with Crippen LogP contribution in [0.15, 0.2) is 0 Å². The number of carboxylic acids is 1. The third kappa shape index (κ3) is 8.05. The first-order valence-electron chi connectivity index (χ1n) is 5.44. The van der Waals surface area contributed by atoms with Gasteiger partial charge in [-0.2, -0.15) is 0 Å². The number of amides is 1. The minimum atomic E-state index is -1.30. The lowest BCUT2D eigenvalue weighted by atomic mass is 10.0. The zero-order valence-electron chi connectivity index (χ0n) is 9.53. The Morgan fingerprint density at radius 3 is 2.31 bits per heavy atom. The molecule has 4 N–H and O–H groups in total. The van der Waals surface area contributed by atoms with Crippen LogP contribution in [0.1, 0.15) is 39.0 Å². The van der Waals surface area contributed by atoms with Gasteiger partial charge in [0.25, 0.3) is 0 Å². The molecule has 0 saturated heterocycles. The number of carboxylic acid groups (broad SMARTS) is 2. The largest absolute Gasteiger partial charge is 0.550 e. The van der Waals surface area contributed by atoms with E-state index in [1.165, 1.54) is 0 Å². The summed E-state index contributed by atoms with van der Waals surface area (Å²) in [7, 11) is 0. The summed E-state index contributed by atoms with van der Waals surface area (Å²) in [6.07, 6.45) is 1.47. The molecule has 16 heavy (non-hydrogen) atoms. The zero-order chi connectivity index (χ0) is 12.6. The molecule has 6 nitrogen and oxygen atoms in total. The fraction of sp³-hybridized carbons (Fsp3) is 0.800. The molecule has 0 aromatic carbocycles. The number of aliphatic carboxylic acids is 1. The highest BCUT2D eigenvalue weighted by Crippen LogP contribution is 2.06. The highest BCUT2D eigenvalue weighted by Gasteiger charge is 2.15. The van der Waals surface area contributed by atoms with E-state index in [0.29, 0.717) is 12.8 Å². The van der Waals surface area contributed by atoms with Crippen LogP contribution >= 0.6 is 0 Å². The van der Waals surface area contributed by atoms with Crippen molar-refractivity contribution < 1.29 is 25.5 Å². The average Bonchev–Trinajstić information content (AvgIpc) is 2.14. The van der Waals surface area contributed by atoms with Crippen LogP contribution in [0.25, 0.3) is 0 Å². The van der Waals surface area contributed by atoms with Crippen molar-refractivity contribution in [3.05, 3.63) is 0 Å². The molecule has 0 bridgehead atoms. The van der Waals surface area contributed by atoms with Gasteiger partial charge in [0.05, 0.1) is 6.04 Å². The summed E-state index contributed by atoms with van der Waals surface area (Å²) in [4.78, 5) is 20.5. The van der Waals surface area contributed by atoms with Gasteiger partial charge in [-0.3, -0.25) is 0 Å². The predicted octanol–water partition coefficient (Wildman–Crippen LogP) is -2.38. The maximum atomic E-state index is 10.4. The average molecular weight is 231 g/mol. The SMILES string of the molecule is C[C@H]([NH3+])[C@@H](CCCCCC(=O)[O-])NC(=O)[O-]. The van der Waals surface area contributed by atoms with Crippen LogP contribution in [0.4, 0.5) is 4.79 Å². The fourth-order valence-electron chi connectivity index (χ4n) is 1.46. The van der Waals surface area contributed by atoms with Crippen molar-refractivity contribution in [3.63, 3.8) is 0 Å². The Labute approximate surface area is 94.8 Å². The van der Waals surface area contributed by atoms with Crippen molar-refractivity contribution in [1.82, 2.24) is 5.32 Å². The van der Waals surface area contributed by atoms with E-state index in [0.717, 1.165) is 12.8 Å². The van der Waals surface area contributed by atoms with E-state index in [4.69, 9.17) is 0 Å². The number of hydrogen-bond acceptors (Lipinski definition) is 4. The molecule has 0 fully saturated rings. The lowest BCUT2D eigenvalue weighted by molar-refractivity contribution is -0.421. The van der Waals surface area contributed by atoms with E-state index in [-0.39, 0.29) is 18.5 Å². The van der Waals surface area contributed by atoms with Crippen molar-refractivity contribution in [3.8, 4) is 0 Å². The molecule has 0 rings (SSSR count). The molecule has 0 radical (unpaired) electrons. The number of rotatable bonds is 8. The minimum Gasteiger partial charge on any atom is -0.550 e. The smallest absolute Gasteiger partial charge is 0.134 e. The third-order valence-corrected chi connectivity index (χ3v) is 2.39. The van der Waals surface area contributed by atoms with Crippen LogP contribution in [-0.2, 0) is 4.79 Å². The molecule has 0 aromatic heterocycles. The van der Waals surface area contributed by atoms with Gasteiger partial charge in [-0.25, -0.2) is 0 Å². The second-order valence-electron chi connectivity index (χ2n) is 3.99. The molecule has 0 unspecified atom stereocenters. The van der Waals surface area contributed by atoms with E-state index in [1.54, 1.807) is 0 Å². The zero-order valence-corrected chi connectivity index (χ0v) is 9.53. The second kappa shape index (κ2) is 7.92. The molecular weight excluding hydrogens is 212 g/mol. The monoisotopic (exact) mass is 231 g/mol. The maximum Gasteiger partial charge on any atom is 0.134 e. The number of carbonyl (C=O) groups excluding carboxylic acids is 2. The standard InChI is InChI=1S/C10H20N2O4/c1-7(11)8(12-10(15)16)5-3-2-4-6-9(13)14/h7-8,12H,2-6,11H2,1H3,(H,13,14)(H,15,16)/p-1/t7-,8+/m0/s1. The second-order valence-corrected chi connectivity index (χ2v) is 3.99. The topological polar surface area (TPSA) is 120 Å². The van der Waals surface area contributed by atoms with Gasteiger partial charge in [-0.1, -0.05) is 12.8 Å². The van der Waals surface area contributed by atoms with Gasteiger partial charge < -0.3 is 30.9 Å². The Morgan fingerprint density at radius 1 is 1.25 bits per heavy atom. The Hall–Kier alpha value is -1.30. The van der Waals surface area contributed by atoms with Crippen molar-refractivity contribution in [2.45, 2.75) is 51.1 Å². The number of quaternary nitrogens is 1. The molecule has 0 aromatic rings.